The summed E-state index contributed by atoms with van der Waals surface area (Å²) in [5, 5.41) is 0.870. The van der Waals surface area contributed by atoms with Crippen LogP contribution in [0.3, 0.4) is 0 Å². The molecular formula is C15H19BrFNO. The van der Waals surface area contributed by atoms with Gasteiger partial charge < -0.3 is 4.90 Å². The molecule has 0 N–H and O–H groups in total. The predicted molar refractivity (Wildman–Crippen MR) is 79.3 cm³/mol. The van der Waals surface area contributed by atoms with Crippen LogP contribution in [0, 0.1) is 11.7 Å². The summed E-state index contributed by atoms with van der Waals surface area (Å²) in [6, 6.07) is 4.76. The largest absolute Gasteiger partial charge is 0.312 e. The summed E-state index contributed by atoms with van der Waals surface area (Å²) in [5.74, 6) is 0.257. The van der Waals surface area contributed by atoms with Crippen molar-refractivity contribution in [3.63, 3.8) is 0 Å². The second-order valence-corrected chi connectivity index (χ2v) is 5.73. The number of hydrogen-bond acceptors (Lipinski definition) is 1. The van der Waals surface area contributed by atoms with Crippen LogP contribution in [0.15, 0.2) is 18.2 Å². The topological polar surface area (TPSA) is 20.3 Å². The summed E-state index contributed by atoms with van der Waals surface area (Å²) < 4.78 is 13.4. The van der Waals surface area contributed by atoms with Crippen molar-refractivity contribution in [1.29, 1.82) is 0 Å². The van der Waals surface area contributed by atoms with Gasteiger partial charge in [-0.3, -0.25) is 4.79 Å². The number of carbonyl (C=O) groups excluding carboxylic acids is 1. The zero-order valence-corrected chi connectivity index (χ0v) is 12.7. The van der Waals surface area contributed by atoms with Crippen molar-refractivity contribution in [1.82, 2.24) is 0 Å². The SMILES string of the molecule is CCCC(CBr)CN1C(=O)CCc2ccc(F)cc21. The van der Waals surface area contributed by atoms with E-state index in [0.717, 1.165) is 35.8 Å². The first-order valence-electron chi connectivity index (χ1n) is 6.80. The molecule has 0 saturated carbocycles. The van der Waals surface area contributed by atoms with Gasteiger partial charge in [0, 0.05) is 24.0 Å². The second-order valence-electron chi connectivity index (χ2n) is 5.09. The molecule has 0 fully saturated rings. The number of aryl methyl sites for hydroxylation is 1. The molecule has 0 aliphatic carbocycles. The third-order valence-corrected chi connectivity index (χ3v) is 4.52. The quantitative estimate of drug-likeness (QED) is 0.751. The number of carbonyl (C=O) groups is 1. The highest BCUT2D eigenvalue weighted by Gasteiger charge is 2.26. The van der Waals surface area contributed by atoms with Crippen LogP contribution in [-0.4, -0.2) is 17.8 Å². The Balaban J connectivity index is 2.24. The fourth-order valence-electron chi connectivity index (χ4n) is 2.59. The number of alkyl halides is 1. The van der Waals surface area contributed by atoms with E-state index in [9.17, 15) is 9.18 Å². The Labute approximate surface area is 122 Å². The average Bonchev–Trinajstić information content (AvgIpc) is 2.41. The van der Waals surface area contributed by atoms with Gasteiger partial charge in [0.15, 0.2) is 0 Å². The second kappa shape index (κ2) is 6.51. The first-order valence-corrected chi connectivity index (χ1v) is 7.92. The molecule has 19 heavy (non-hydrogen) atoms. The Kier molecular flexibility index (Phi) is 4.97. The number of fused-ring (bicyclic) bond motifs is 1. The van der Waals surface area contributed by atoms with Crippen LogP contribution in [0.25, 0.3) is 0 Å². The highest BCUT2D eigenvalue weighted by atomic mass is 79.9. The molecule has 1 heterocycles. The van der Waals surface area contributed by atoms with E-state index in [1.165, 1.54) is 12.1 Å². The zero-order valence-electron chi connectivity index (χ0n) is 11.2. The van der Waals surface area contributed by atoms with Crippen LogP contribution in [-0.2, 0) is 11.2 Å². The third-order valence-electron chi connectivity index (χ3n) is 3.60. The fourth-order valence-corrected chi connectivity index (χ4v) is 3.12. The van der Waals surface area contributed by atoms with Crippen molar-refractivity contribution in [2.45, 2.75) is 32.6 Å². The molecule has 104 valence electrons. The molecule has 0 bridgehead atoms. The molecule has 1 atom stereocenters. The Hall–Kier alpha value is -0.900. The molecule has 0 spiro atoms. The van der Waals surface area contributed by atoms with Gasteiger partial charge in [0.05, 0.1) is 0 Å². The molecule has 1 amide bonds. The van der Waals surface area contributed by atoms with E-state index in [4.69, 9.17) is 0 Å². The lowest BCUT2D eigenvalue weighted by molar-refractivity contribution is -0.119. The maximum Gasteiger partial charge on any atom is 0.227 e. The van der Waals surface area contributed by atoms with Gasteiger partial charge in [-0.25, -0.2) is 4.39 Å². The minimum absolute atomic E-state index is 0.111. The average molecular weight is 328 g/mol. The molecule has 1 unspecified atom stereocenters. The maximum absolute atomic E-state index is 13.4. The minimum atomic E-state index is -0.274. The number of benzene rings is 1. The summed E-state index contributed by atoms with van der Waals surface area (Å²) >= 11 is 3.51. The van der Waals surface area contributed by atoms with E-state index < -0.39 is 0 Å². The van der Waals surface area contributed by atoms with E-state index in [1.54, 1.807) is 11.0 Å². The monoisotopic (exact) mass is 327 g/mol. The van der Waals surface area contributed by atoms with Gasteiger partial charge >= 0.3 is 0 Å². The predicted octanol–water partition coefficient (Wildman–Crippen LogP) is 3.92. The van der Waals surface area contributed by atoms with Crippen LogP contribution < -0.4 is 4.90 Å². The number of hydrogen-bond donors (Lipinski definition) is 0. The van der Waals surface area contributed by atoms with Gasteiger partial charge in [-0.05, 0) is 36.5 Å². The van der Waals surface area contributed by atoms with Crippen LogP contribution in [0.1, 0.15) is 31.7 Å². The molecule has 1 aromatic carbocycles. The summed E-state index contributed by atoms with van der Waals surface area (Å²) in [6.45, 7) is 2.82. The van der Waals surface area contributed by atoms with Gasteiger partial charge in [0.2, 0.25) is 5.91 Å². The highest BCUT2D eigenvalue weighted by molar-refractivity contribution is 9.09. The van der Waals surface area contributed by atoms with E-state index in [2.05, 4.69) is 22.9 Å². The third kappa shape index (κ3) is 3.35. The smallest absolute Gasteiger partial charge is 0.227 e. The Bertz CT molecular complexity index is 463. The van der Waals surface area contributed by atoms with Crippen molar-refractivity contribution in [2.75, 3.05) is 16.8 Å². The lowest BCUT2D eigenvalue weighted by atomic mass is 9.98. The Morgan fingerprint density at radius 1 is 1.42 bits per heavy atom. The molecule has 1 aliphatic rings. The standard InChI is InChI=1S/C15H19BrFNO/c1-2-3-11(9-16)10-18-14-8-13(17)6-4-12(14)5-7-15(18)19/h4,6,8,11H,2-3,5,7,9-10H2,1H3. The molecule has 0 radical (unpaired) electrons. The van der Waals surface area contributed by atoms with E-state index >= 15 is 0 Å². The van der Waals surface area contributed by atoms with E-state index in [0.29, 0.717) is 18.9 Å². The van der Waals surface area contributed by atoms with Crippen molar-refractivity contribution in [3.8, 4) is 0 Å². The maximum atomic E-state index is 13.4. The molecule has 0 saturated heterocycles. The van der Waals surface area contributed by atoms with Gasteiger partial charge in [0.1, 0.15) is 5.82 Å². The molecule has 2 rings (SSSR count). The number of nitrogens with zero attached hydrogens (tertiary/aromatic N) is 1. The van der Waals surface area contributed by atoms with Crippen molar-refractivity contribution in [2.24, 2.45) is 5.92 Å². The van der Waals surface area contributed by atoms with Gasteiger partial charge in [-0.15, -0.1) is 0 Å². The molecular weight excluding hydrogens is 309 g/mol. The number of anilines is 1. The van der Waals surface area contributed by atoms with Gasteiger partial charge in [0.25, 0.3) is 0 Å². The summed E-state index contributed by atoms with van der Waals surface area (Å²) in [6.07, 6.45) is 3.41. The minimum Gasteiger partial charge on any atom is -0.312 e. The van der Waals surface area contributed by atoms with Crippen LogP contribution in [0.5, 0.6) is 0 Å². The molecule has 4 heteroatoms. The van der Waals surface area contributed by atoms with Crippen molar-refractivity contribution < 1.29 is 9.18 Å². The molecule has 0 aromatic heterocycles. The summed E-state index contributed by atoms with van der Waals surface area (Å²) in [7, 11) is 0. The molecule has 1 aromatic rings. The number of halogens is 2. The van der Waals surface area contributed by atoms with E-state index in [-0.39, 0.29) is 11.7 Å². The Morgan fingerprint density at radius 2 is 2.21 bits per heavy atom. The summed E-state index contributed by atoms with van der Waals surface area (Å²) in [5.41, 5.74) is 1.84. The van der Waals surface area contributed by atoms with Crippen LogP contribution in [0.4, 0.5) is 10.1 Å². The number of rotatable bonds is 5. The lowest BCUT2D eigenvalue weighted by Gasteiger charge is -2.32. The first-order chi connectivity index (χ1) is 9.15. The first kappa shape index (κ1) is 14.5. The summed E-state index contributed by atoms with van der Waals surface area (Å²) in [4.78, 5) is 13.9. The molecule has 2 nitrogen and oxygen atoms in total. The van der Waals surface area contributed by atoms with E-state index in [1.807, 2.05) is 0 Å². The van der Waals surface area contributed by atoms with Crippen molar-refractivity contribution in [3.05, 3.63) is 29.6 Å². The van der Waals surface area contributed by atoms with Crippen LogP contribution in [0.2, 0.25) is 0 Å². The molecule has 1 aliphatic heterocycles. The fraction of sp³-hybridized carbons (Fsp3) is 0.533. The van der Waals surface area contributed by atoms with Gasteiger partial charge in [-0.2, -0.15) is 0 Å². The zero-order chi connectivity index (χ0) is 13.8. The highest BCUT2D eigenvalue weighted by Crippen LogP contribution is 2.30. The normalized spacial score (nSPS) is 16.4. The van der Waals surface area contributed by atoms with Crippen LogP contribution >= 0.6 is 15.9 Å². The van der Waals surface area contributed by atoms with Crippen molar-refractivity contribution >= 4 is 27.5 Å². The Morgan fingerprint density at radius 3 is 2.89 bits per heavy atom. The number of amides is 1. The van der Waals surface area contributed by atoms with Gasteiger partial charge in [-0.1, -0.05) is 35.3 Å². The lowest BCUT2D eigenvalue weighted by Crippen LogP contribution is -2.39.